The Balaban J connectivity index is 1.70. The molecule has 5 heteroatoms. The quantitative estimate of drug-likeness (QED) is 0.840. The summed E-state index contributed by atoms with van der Waals surface area (Å²) in [4.78, 5) is 21.1. The molecule has 0 aromatic carbocycles. The molecule has 0 bridgehead atoms. The van der Waals surface area contributed by atoms with E-state index in [1.165, 1.54) is 32.4 Å². The van der Waals surface area contributed by atoms with Crippen LogP contribution in [-0.2, 0) is 0 Å². The lowest BCUT2D eigenvalue weighted by Crippen LogP contribution is -2.49. The van der Waals surface area contributed by atoms with Crippen LogP contribution >= 0.6 is 11.6 Å². The zero-order valence-corrected chi connectivity index (χ0v) is 12.4. The zero-order valence-electron chi connectivity index (χ0n) is 11.6. The molecule has 2 aliphatic rings. The van der Waals surface area contributed by atoms with Crippen LogP contribution in [0.3, 0.4) is 0 Å². The molecule has 2 saturated heterocycles. The topological polar surface area (TPSA) is 36.4 Å². The minimum Gasteiger partial charge on any atom is -0.337 e. The van der Waals surface area contributed by atoms with Crippen LogP contribution in [0.1, 0.15) is 36.0 Å². The maximum Gasteiger partial charge on any atom is 0.256 e. The van der Waals surface area contributed by atoms with E-state index >= 15 is 0 Å². The Bertz CT molecular complexity index is 488. The molecule has 1 amide bonds. The lowest BCUT2D eigenvalue weighted by atomic mass is 10.0. The van der Waals surface area contributed by atoms with Gasteiger partial charge in [0.15, 0.2) is 0 Å². The second kappa shape index (κ2) is 6.10. The number of rotatable bonds is 2. The van der Waals surface area contributed by atoms with Crippen molar-refractivity contribution in [2.75, 3.05) is 26.2 Å². The molecule has 1 aromatic heterocycles. The summed E-state index contributed by atoms with van der Waals surface area (Å²) in [6, 6.07) is 2.20. The third-order valence-electron chi connectivity index (χ3n) is 4.34. The molecule has 0 radical (unpaired) electrons. The van der Waals surface area contributed by atoms with Crippen molar-refractivity contribution >= 4 is 17.5 Å². The maximum atomic E-state index is 12.6. The van der Waals surface area contributed by atoms with E-state index in [9.17, 15) is 4.79 Å². The van der Waals surface area contributed by atoms with Crippen LogP contribution in [0.5, 0.6) is 0 Å². The summed E-state index contributed by atoms with van der Waals surface area (Å²) < 4.78 is 0. The molecule has 2 aliphatic heterocycles. The number of amides is 1. The summed E-state index contributed by atoms with van der Waals surface area (Å²) in [6.45, 7) is 4.01. The molecule has 108 valence electrons. The Labute approximate surface area is 124 Å². The minimum atomic E-state index is 0.0204. The van der Waals surface area contributed by atoms with Gasteiger partial charge in [0.1, 0.15) is 0 Å². The summed E-state index contributed by atoms with van der Waals surface area (Å²) in [5, 5.41) is 0.494. The molecular weight excluding hydrogens is 274 g/mol. The highest BCUT2D eigenvalue weighted by Gasteiger charge is 2.30. The van der Waals surface area contributed by atoms with Gasteiger partial charge in [0.25, 0.3) is 5.91 Å². The van der Waals surface area contributed by atoms with Gasteiger partial charge in [-0.2, -0.15) is 0 Å². The highest BCUT2D eigenvalue weighted by Crippen LogP contribution is 2.23. The van der Waals surface area contributed by atoms with Gasteiger partial charge in [0.2, 0.25) is 0 Å². The SMILES string of the molecule is O=C(c1cnccc1Cl)N1CCCC(N2CCCC2)C1. The van der Waals surface area contributed by atoms with E-state index in [-0.39, 0.29) is 5.91 Å². The Kier molecular flexibility index (Phi) is 4.22. The number of nitrogens with zero attached hydrogens (tertiary/aromatic N) is 3. The van der Waals surface area contributed by atoms with Crippen LogP contribution in [0, 0.1) is 0 Å². The highest BCUT2D eigenvalue weighted by atomic mass is 35.5. The first kappa shape index (κ1) is 13.8. The van der Waals surface area contributed by atoms with Crippen molar-refractivity contribution in [1.29, 1.82) is 0 Å². The van der Waals surface area contributed by atoms with Crippen LogP contribution < -0.4 is 0 Å². The van der Waals surface area contributed by atoms with E-state index in [4.69, 9.17) is 11.6 Å². The molecule has 2 fully saturated rings. The van der Waals surface area contributed by atoms with Gasteiger partial charge in [-0.1, -0.05) is 11.6 Å². The van der Waals surface area contributed by atoms with Crippen molar-refractivity contribution in [3.8, 4) is 0 Å². The van der Waals surface area contributed by atoms with Gasteiger partial charge in [-0.3, -0.25) is 14.7 Å². The van der Waals surface area contributed by atoms with Crippen molar-refractivity contribution in [2.45, 2.75) is 31.7 Å². The predicted molar refractivity (Wildman–Crippen MR) is 79.0 cm³/mol. The molecular formula is C15H20ClN3O. The number of piperidine rings is 1. The van der Waals surface area contributed by atoms with Crippen LogP contribution in [0.2, 0.25) is 5.02 Å². The van der Waals surface area contributed by atoms with Crippen molar-refractivity contribution < 1.29 is 4.79 Å². The van der Waals surface area contributed by atoms with Gasteiger partial charge in [-0.25, -0.2) is 0 Å². The van der Waals surface area contributed by atoms with Gasteiger partial charge >= 0.3 is 0 Å². The van der Waals surface area contributed by atoms with Crippen molar-refractivity contribution in [3.05, 3.63) is 29.0 Å². The summed E-state index contributed by atoms with van der Waals surface area (Å²) >= 11 is 6.10. The fourth-order valence-electron chi connectivity index (χ4n) is 3.25. The predicted octanol–water partition coefficient (Wildman–Crippen LogP) is 2.44. The second-order valence-corrected chi connectivity index (χ2v) is 6.05. The van der Waals surface area contributed by atoms with Crippen molar-refractivity contribution in [2.24, 2.45) is 0 Å². The summed E-state index contributed by atoms with van der Waals surface area (Å²) in [5.74, 6) is 0.0204. The average Bonchev–Trinajstić information content (AvgIpc) is 3.01. The van der Waals surface area contributed by atoms with Gasteiger partial charge in [-0.05, 0) is 44.8 Å². The smallest absolute Gasteiger partial charge is 0.256 e. The minimum absolute atomic E-state index is 0.0204. The number of carbonyl (C=O) groups is 1. The average molecular weight is 294 g/mol. The summed E-state index contributed by atoms with van der Waals surface area (Å²) in [5.41, 5.74) is 0.524. The molecule has 0 N–H and O–H groups in total. The van der Waals surface area contributed by atoms with E-state index in [0.717, 1.165) is 19.5 Å². The number of halogens is 1. The van der Waals surface area contributed by atoms with Crippen LogP contribution in [-0.4, -0.2) is 52.9 Å². The molecule has 3 rings (SSSR count). The molecule has 1 unspecified atom stereocenters. The zero-order chi connectivity index (χ0) is 13.9. The Morgan fingerprint density at radius 3 is 2.80 bits per heavy atom. The Morgan fingerprint density at radius 1 is 1.25 bits per heavy atom. The Morgan fingerprint density at radius 2 is 2.05 bits per heavy atom. The van der Waals surface area contributed by atoms with Crippen LogP contribution in [0.15, 0.2) is 18.5 Å². The molecule has 0 aliphatic carbocycles. The molecule has 1 atom stereocenters. The van der Waals surface area contributed by atoms with Gasteiger partial charge in [0, 0.05) is 31.5 Å². The van der Waals surface area contributed by atoms with E-state index in [1.807, 2.05) is 4.90 Å². The number of hydrogen-bond acceptors (Lipinski definition) is 3. The van der Waals surface area contributed by atoms with Gasteiger partial charge < -0.3 is 4.90 Å². The number of hydrogen-bond donors (Lipinski definition) is 0. The largest absolute Gasteiger partial charge is 0.337 e. The standard InChI is InChI=1S/C15H20ClN3O/c16-14-5-6-17-10-13(14)15(20)19-9-3-4-12(11-19)18-7-1-2-8-18/h5-6,10,12H,1-4,7-9,11H2. The lowest BCUT2D eigenvalue weighted by molar-refractivity contribution is 0.0607. The third-order valence-corrected chi connectivity index (χ3v) is 4.67. The fraction of sp³-hybridized carbons (Fsp3) is 0.600. The van der Waals surface area contributed by atoms with E-state index in [0.29, 0.717) is 16.6 Å². The molecule has 3 heterocycles. The number of likely N-dealkylation sites (tertiary alicyclic amines) is 2. The molecule has 0 saturated carbocycles. The maximum absolute atomic E-state index is 12.6. The van der Waals surface area contributed by atoms with Crippen LogP contribution in [0.25, 0.3) is 0 Å². The molecule has 20 heavy (non-hydrogen) atoms. The van der Waals surface area contributed by atoms with Crippen molar-refractivity contribution in [3.63, 3.8) is 0 Å². The Hall–Kier alpha value is -1.13. The number of pyridine rings is 1. The van der Waals surface area contributed by atoms with Gasteiger partial charge in [-0.15, -0.1) is 0 Å². The van der Waals surface area contributed by atoms with E-state index < -0.39 is 0 Å². The lowest BCUT2D eigenvalue weighted by Gasteiger charge is -2.37. The first-order valence-electron chi connectivity index (χ1n) is 7.38. The first-order chi connectivity index (χ1) is 9.75. The fourth-order valence-corrected chi connectivity index (χ4v) is 3.44. The summed E-state index contributed by atoms with van der Waals surface area (Å²) in [7, 11) is 0. The highest BCUT2D eigenvalue weighted by molar-refractivity contribution is 6.33. The van der Waals surface area contributed by atoms with Crippen LogP contribution in [0.4, 0.5) is 0 Å². The second-order valence-electron chi connectivity index (χ2n) is 5.65. The third kappa shape index (κ3) is 2.81. The number of carbonyl (C=O) groups excluding carboxylic acids is 1. The van der Waals surface area contributed by atoms with Gasteiger partial charge in [0.05, 0.1) is 10.6 Å². The molecule has 4 nitrogen and oxygen atoms in total. The molecule has 1 aromatic rings. The molecule has 0 spiro atoms. The first-order valence-corrected chi connectivity index (χ1v) is 7.76. The van der Waals surface area contributed by atoms with E-state index in [2.05, 4.69) is 9.88 Å². The monoisotopic (exact) mass is 293 g/mol. The normalized spacial score (nSPS) is 24.1. The summed E-state index contributed by atoms with van der Waals surface area (Å²) in [6.07, 6.45) is 8.04. The van der Waals surface area contributed by atoms with E-state index in [1.54, 1.807) is 18.5 Å². The number of aromatic nitrogens is 1. The van der Waals surface area contributed by atoms with Crippen molar-refractivity contribution in [1.82, 2.24) is 14.8 Å².